The summed E-state index contributed by atoms with van der Waals surface area (Å²) < 4.78 is 43.7. The molecule has 0 bridgehead atoms. The van der Waals surface area contributed by atoms with E-state index >= 15 is 0 Å². The van der Waals surface area contributed by atoms with Crippen molar-refractivity contribution in [3.05, 3.63) is 33.8 Å². The molecule has 0 spiro atoms. The summed E-state index contributed by atoms with van der Waals surface area (Å²) in [6, 6.07) is 3.86. The van der Waals surface area contributed by atoms with Crippen LogP contribution >= 0.6 is 31.9 Å². The number of carbonyl (C=O) groups is 1. The van der Waals surface area contributed by atoms with Gasteiger partial charge in [0.25, 0.3) is 0 Å². The molecular weight excluding hydrogens is 393 g/mol. The first-order chi connectivity index (χ1) is 8.75. The number of carbonyl (C=O) groups excluding carboxylic acids is 1. The highest BCUT2D eigenvalue weighted by atomic mass is 79.9. The van der Waals surface area contributed by atoms with Gasteiger partial charge in [0, 0.05) is 4.47 Å². The summed E-state index contributed by atoms with van der Waals surface area (Å²) in [5, 5.41) is 0. The van der Waals surface area contributed by atoms with Crippen LogP contribution < -0.4 is 0 Å². The van der Waals surface area contributed by atoms with Crippen molar-refractivity contribution in [1.82, 2.24) is 0 Å². The average Bonchev–Trinajstić information content (AvgIpc) is 2.30. The zero-order valence-corrected chi connectivity index (χ0v) is 13.1. The third-order valence-electron chi connectivity index (χ3n) is 2.32. The maximum atomic E-state index is 12.9. The number of ether oxygens (including phenoxy) is 1. The van der Waals surface area contributed by atoms with E-state index in [9.17, 15) is 18.0 Å². The minimum atomic E-state index is -4.46. The van der Waals surface area contributed by atoms with Crippen molar-refractivity contribution in [2.24, 2.45) is 0 Å². The Morgan fingerprint density at radius 1 is 1.42 bits per heavy atom. The van der Waals surface area contributed by atoms with Crippen LogP contribution in [-0.2, 0) is 22.1 Å². The predicted octanol–water partition coefficient (Wildman–Crippen LogP) is 4.34. The summed E-state index contributed by atoms with van der Waals surface area (Å²) in [5.41, 5.74) is -0.707. The fraction of sp³-hybridized carbons (Fsp3) is 0.417. The van der Waals surface area contributed by atoms with Crippen molar-refractivity contribution in [1.29, 1.82) is 0 Å². The van der Waals surface area contributed by atoms with E-state index < -0.39 is 22.5 Å². The number of hydrogen-bond donors (Lipinski definition) is 0. The van der Waals surface area contributed by atoms with Crippen molar-refractivity contribution in [2.45, 2.75) is 24.3 Å². The maximum absolute atomic E-state index is 12.9. The van der Waals surface area contributed by atoms with E-state index in [1.165, 1.54) is 12.1 Å². The molecule has 0 fully saturated rings. The number of benzene rings is 1. The van der Waals surface area contributed by atoms with E-state index in [0.29, 0.717) is 4.47 Å². The molecule has 0 aliphatic heterocycles. The summed E-state index contributed by atoms with van der Waals surface area (Å²) in [4.78, 5) is 10.6. The molecule has 1 aromatic carbocycles. The van der Waals surface area contributed by atoms with Crippen LogP contribution in [0.5, 0.6) is 0 Å². The Morgan fingerprint density at radius 3 is 2.58 bits per heavy atom. The fourth-order valence-corrected chi connectivity index (χ4v) is 2.34. The summed E-state index contributed by atoms with van der Waals surface area (Å²) in [7, 11) is 0. The van der Waals surface area contributed by atoms with Gasteiger partial charge in [0.05, 0.1) is 12.2 Å². The largest absolute Gasteiger partial charge is 0.465 e. The van der Waals surface area contributed by atoms with Crippen molar-refractivity contribution in [3.8, 4) is 0 Å². The quantitative estimate of drug-likeness (QED) is 0.552. The predicted molar refractivity (Wildman–Crippen MR) is 72.2 cm³/mol. The van der Waals surface area contributed by atoms with Gasteiger partial charge in [-0.3, -0.25) is 4.79 Å². The maximum Gasteiger partial charge on any atom is 0.416 e. The van der Waals surface area contributed by atoms with Gasteiger partial charge in [0.2, 0.25) is 0 Å². The second-order valence-electron chi connectivity index (χ2n) is 3.72. The summed E-state index contributed by atoms with van der Waals surface area (Å²) >= 11 is 6.05. The molecule has 1 aromatic rings. The fourth-order valence-electron chi connectivity index (χ4n) is 1.50. The van der Waals surface area contributed by atoms with Gasteiger partial charge in [0.1, 0.15) is 4.83 Å². The molecule has 0 heterocycles. The lowest BCUT2D eigenvalue weighted by atomic mass is 10.0. The van der Waals surface area contributed by atoms with E-state index in [0.717, 1.165) is 6.07 Å². The van der Waals surface area contributed by atoms with Crippen LogP contribution in [0, 0.1) is 0 Å². The van der Waals surface area contributed by atoms with E-state index in [1.807, 2.05) is 0 Å². The first-order valence-electron chi connectivity index (χ1n) is 5.42. The molecule has 2 nitrogen and oxygen atoms in total. The van der Waals surface area contributed by atoms with Crippen LogP contribution in [0.25, 0.3) is 0 Å². The summed E-state index contributed by atoms with van der Waals surface area (Å²) in [6.07, 6.45) is -4.54. The number of hydrogen-bond acceptors (Lipinski definition) is 2. The van der Waals surface area contributed by atoms with Gasteiger partial charge < -0.3 is 4.74 Å². The van der Waals surface area contributed by atoms with E-state index in [-0.39, 0.29) is 18.6 Å². The Morgan fingerprint density at radius 2 is 2.05 bits per heavy atom. The molecule has 0 saturated heterocycles. The highest BCUT2D eigenvalue weighted by Gasteiger charge is 2.34. The second kappa shape index (κ2) is 6.74. The molecule has 19 heavy (non-hydrogen) atoms. The van der Waals surface area contributed by atoms with Crippen LogP contribution in [0.3, 0.4) is 0 Å². The Kier molecular flexibility index (Phi) is 5.85. The molecule has 0 N–H and O–H groups in total. The van der Waals surface area contributed by atoms with Crippen LogP contribution in [0.15, 0.2) is 22.7 Å². The third kappa shape index (κ3) is 4.80. The smallest absolute Gasteiger partial charge is 0.416 e. The number of rotatable bonds is 4. The summed E-state index contributed by atoms with van der Waals surface area (Å²) in [6.45, 7) is 1.83. The zero-order valence-electron chi connectivity index (χ0n) is 9.93. The van der Waals surface area contributed by atoms with E-state index in [2.05, 4.69) is 31.9 Å². The molecule has 0 amide bonds. The van der Waals surface area contributed by atoms with Crippen LogP contribution in [0.1, 0.15) is 18.1 Å². The molecular formula is C12H11Br2F3O2. The van der Waals surface area contributed by atoms with Crippen LogP contribution in [0.2, 0.25) is 0 Å². The number of esters is 1. The van der Waals surface area contributed by atoms with Crippen molar-refractivity contribution < 1.29 is 22.7 Å². The molecule has 1 unspecified atom stereocenters. The van der Waals surface area contributed by atoms with Crippen LogP contribution in [0.4, 0.5) is 13.2 Å². The first-order valence-corrected chi connectivity index (χ1v) is 7.13. The normalized spacial score (nSPS) is 13.2. The van der Waals surface area contributed by atoms with Gasteiger partial charge in [-0.15, -0.1) is 0 Å². The molecule has 7 heteroatoms. The van der Waals surface area contributed by atoms with E-state index in [4.69, 9.17) is 4.74 Å². The molecule has 1 atom stereocenters. The Hall–Kier alpha value is -0.560. The van der Waals surface area contributed by atoms with Crippen molar-refractivity contribution >= 4 is 37.8 Å². The van der Waals surface area contributed by atoms with Gasteiger partial charge in [-0.2, -0.15) is 13.2 Å². The van der Waals surface area contributed by atoms with E-state index in [1.54, 1.807) is 6.92 Å². The average molecular weight is 404 g/mol. The standard InChI is InChI=1S/C12H11Br2F3O2/c1-2-19-11(18)10(14)5-7-3-4-8(13)6-9(7)12(15,16)17/h3-4,6,10H,2,5H2,1H3. The third-order valence-corrected chi connectivity index (χ3v) is 3.51. The highest BCUT2D eigenvalue weighted by Crippen LogP contribution is 2.34. The first kappa shape index (κ1) is 16.5. The minimum Gasteiger partial charge on any atom is -0.465 e. The molecule has 1 rings (SSSR count). The van der Waals surface area contributed by atoms with Gasteiger partial charge in [-0.05, 0) is 31.0 Å². The number of halogens is 5. The van der Waals surface area contributed by atoms with Gasteiger partial charge in [-0.25, -0.2) is 0 Å². The Labute approximate surface area is 125 Å². The van der Waals surface area contributed by atoms with Gasteiger partial charge >= 0.3 is 12.1 Å². The van der Waals surface area contributed by atoms with Crippen molar-refractivity contribution in [3.63, 3.8) is 0 Å². The number of alkyl halides is 4. The second-order valence-corrected chi connectivity index (χ2v) is 5.74. The van der Waals surface area contributed by atoms with Crippen LogP contribution in [-0.4, -0.2) is 17.4 Å². The zero-order chi connectivity index (χ0) is 14.6. The Balaban J connectivity index is 2.98. The van der Waals surface area contributed by atoms with Gasteiger partial charge in [-0.1, -0.05) is 37.9 Å². The highest BCUT2D eigenvalue weighted by molar-refractivity contribution is 9.10. The molecule has 0 saturated carbocycles. The lowest BCUT2D eigenvalue weighted by Gasteiger charge is -2.15. The molecule has 0 aliphatic rings. The molecule has 0 aliphatic carbocycles. The Bertz CT molecular complexity index is 461. The minimum absolute atomic E-state index is 0.0469. The molecule has 0 aromatic heterocycles. The molecule has 106 valence electrons. The lowest BCUT2D eigenvalue weighted by Crippen LogP contribution is -2.21. The van der Waals surface area contributed by atoms with Gasteiger partial charge in [0.15, 0.2) is 0 Å². The topological polar surface area (TPSA) is 26.3 Å². The SMILES string of the molecule is CCOC(=O)C(Br)Cc1ccc(Br)cc1C(F)(F)F. The monoisotopic (exact) mass is 402 g/mol. The summed E-state index contributed by atoms with van der Waals surface area (Å²) in [5.74, 6) is -0.571. The molecule has 0 radical (unpaired) electrons. The lowest BCUT2D eigenvalue weighted by molar-refractivity contribution is -0.143. The van der Waals surface area contributed by atoms with Crippen molar-refractivity contribution in [2.75, 3.05) is 6.61 Å².